The molecule has 1 saturated heterocycles. The number of hydrogen-bond acceptors (Lipinski definition) is 4. The molecule has 1 heterocycles. The maximum Gasteiger partial charge on any atom is 0.297 e. The monoisotopic (exact) mass is 382 g/mol. The van der Waals surface area contributed by atoms with Gasteiger partial charge in [0, 0.05) is 0 Å². The number of ether oxygens (including phenoxy) is 1. The fourth-order valence-corrected chi connectivity index (χ4v) is 4.27. The van der Waals surface area contributed by atoms with Crippen LogP contribution in [-0.4, -0.2) is 27.2 Å². The lowest BCUT2D eigenvalue weighted by molar-refractivity contribution is 0.153. The molecule has 0 bridgehead atoms. The maximum absolute atomic E-state index is 12.5. The topological polar surface area (TPSA) is 55.9 Å². The lowest BCUT2D eigenvalue weighted by Gasteiger charge is -2.15. The van der Waals surface area contributed by atoms with Gasteiger partial charge in [0.25, 0.3) is 10.1 Å². The molecule has 1 aliphatic rings. The molecule has 0 amide bonds. The summed E-state index contributed by atoms with van der Waals surface area (Å²) in [5, 5.41) is 0. The molecule has 0 N–H and O–H groups in total. The molecule has 0 aromatic heterocycles. The van der Waals surface area contributed by atoms with Crippen molar-refractivity contribution in [1.29, 1.82) is 0 Å². The number of unbranched alkanes of at least 4 members (excludes halogenated alkanes) is 8. The summed E-state index contributed by atoms with van der Waals surface area (Å²) < 4.78 is 35.8. The van der Waals surface area contributed by atoms with Crippen LogP contribution in [0.4, 0.5) is 0 Å². The van der Waals surface area contributed by atoms with Gasteiger partial charge in [-0.3, -0.25) is 4.18 Å². The quantitative estimate of drug-likeness (QED) is 0.246. The zero-order valence-corrected chi connectivity index (χ0v) is 17.1. The van der Waals surface area contributed by atoms with E-state index >= 15 is 0 Å². The molecule has 0 radical (unpaired) electrons. The molecular weight excluding hydrogens is 348 g/mol. The minimum absolute atomic E-state index is 0.0655. The third-order valence-electron chi connectivity index (χ3n) is 4.93. The molecule has 0 unspecified atom stereocenters. The molecule has 1 aromatic carbocycles. The van der Waals surface area contributed by atoms with E-state index in [1.807, 2.05) is 6.92 Å². The van der Waals surface area contributed by atoms with Crippen LogP contribution in [0, 0.1) is 6.92 Å². The highest BCUT2D eigenvalue weighted by molar-refractivity contribution is 7.86. The summed E-state index contributed by atoms with van der Waals surface area (Å²) in [5.74, 6) is 0. The van der Waals surface area contributed by atoms with Gasteiger partial charge in [0.05, 0.1) is 11.5 Å². The summed E-state index contributed by atoms with van der Waals surface area (Å²) in [4.78, 5) is 0.223. The lowest BCUT2D eigenvalue weighted by Crippen LogP contribution is -2.24. The maximum atomic E-state index is 12.5. The summed E-state index contributed by atoms with van der Waals surface area (Å²) in [7, 11) is -3.72. The average Bonchev–Trinajstić information content (AvgIpc) is 3.44. The van der Waals surface area contributed by atoms with Crippen molar-refractivity contribution in [2.45, 2.75) is 95.2 Å². The van der Waals surface area contributed by atoms with Gasteiger partial charge < -0.3 is 4.74 Å². The summed E-state index contributed by atoms with van der Waals surface area (Å²) in [6.45, 7) is 4.77. The molecule has 26 heavy (non-hydrogen) atoms. The van der Waals surface area contributed by atoms with Gasteiger partial charge in [0.2, 0.25) is 0 Å². The highest BCUT2D eigenvalue weighted by atomic mass is 32.2. The van der Waals surface area contributed by atoms with E-state index in [4.69, 9.17) is 8.92 Å². The number of hydrogen-bond donors (Lipinski definition) is 0. The van der Waals surface area contributed by atoms with Crippen LogP contribution in [-0.2, 0) is 19.0 Å². The summed E-state index contributed by atoms with van der Waals surface area (Å²) in [6.07, 6.45) is 11.6. The van der Waals surface area contributed by atoms with E-state index in [1.165, 1.54) is 44.9 Å². The molecule has 2 rings (SSSR count). The van der Waals surface area contributed by atoms with Crippen molar-refractivity contribution in [2.24, 2.45) is 0 Å². The first kappa shape index (κ1) is 21.4. The van der Waals surface area contributed by atoms with Crippen LogP contribution in [0.1, 0.15) is 76.7 Å². The van der Waals surface area contributed by atoms with Crippen LogP contribution >= 0.6 is 0 Å². The molecule has 2 atom stereocenters. The van der Waals surface area contributed by atoms with Crippen LogP contribution < -0.4 is 0 Å². The molecule has 0 saturated carbocycles. The average molecular weight is 383 g/mol. The Labute approximate surface area is 159 Å². The molecular formula is C21H34O4S. The van der Waals surface area contributed by atoms with Crippen molar-refractivity contribution in [3.8, 4) is 0 Å². The third-order valence-corrected chi connectivity index (χ3v) is 6.28. The van der Waals surface area contributed by atoms with Crippen LogP contribution in [0.2, 0.25) is 0 Å². The van der Waals surface area contributed by atoms with E-state index in [0.717, 1.165) is 24.8 Å². The Morgan fingerprint density at radius 3 is 2.08 bits per heavy atom. The van der Waals surface area contributed by atoms with Gasteiger partial charge in [-0.15, -0.1) is 0 Å². The van der Waals surface area contributed by atoms with E-state index < -0.39 is 10.1 Å². The molecule has 0 aliphatic carbocycles. The Hall–Kier alpha value is -0.910. The molecule has 5 heteroatoms. The molecule has 4 nitrogen and oxygen atoms in total. The van der Waals surface area contributed by atoms with Crippen LogP contribution in [0.15, 0.2) is 29.2 Å². The second kappa shape index (κ2) is 11.1. The predicted molar refractivity (Wildman–Crippen MR) is 105 cm³/mol. The molecule has 148 valence electrons. The third kappa shape index (κ3) is 7.77. The van der Waals surface area contributed by atoms with Crippen molar-refractivity contribution < 1.29 is 17.3 Å². The Balaban J connectivity index is 1.69. The molecule has 1 fully saturated rings. The van der Waals surface area contributed by atoms with Crippen molar-refractivity contribution in [3.63, 3.8) is 0 Å². The largest absolute Gasteiger partial charge is 0.370 e. The first-order valence-corrected chi connectivity index (χ1v) is 11.6. The number of epoxide rings is 1. The van der Waals surface area contributed by atoms with Gasteiger partial charge in [0.1, 0.15) is 12.2 Å². The van der Waals surface area contributed by atoms with Gasteiger partial charge in [-0.05, 0) is 25.5 Å². The smallest absolute Gasteiger partial charge is 0.297 e. The number of rotatable bonds is 14. The lowest BCUT2D eigenvalue weighted by atomic mass is 10.0. The minimum Gasteiger partial charge on any atom is -0.370 e. The van der Waals surface area contributed by atoms with Crippen molar-refractivity contribution in [3.05, 3.63) is 29.8 Å². The highest BCUT2D eigenvalue weighted by Gasteiger charge is 2.36. The minimum atomic E-state index is -3.72. The Morgan fingerprint density at radius 1 is 1.00 bits per heavy atom. The first-order chi connectivity index (χ1) is 12.5. The SMILES string of the molecule is CCCCCCCCCCC[C@@H](OS(=O)(=O)c1ccc(C)cc1)[C@H]1CO1. The van der Waals surface area contributed by atoms with Crippen molar-refractivity contribution in [2.75, 3.05) is 6.61 Å². The van der Waals surface area contributed by atoms with Crippen LogP contribution in [0.3, 0.4) is 0 Å². The van der Waals surface area contributed by atoms with Crippen molar-refractivity contribution >= 4 is 10.1 Å². The number of aryl methyl sites for hydroxylation is 1. The second-order valence-electron chi connectivity index (χ2n) is 7.39. The molecule has 0 spiro atoms. The van der Waals surface area contributed by atoms with Gasteiger partial charge in [0.15, 0.2) is 0 Å². The standard InChI is InChI=1S/C21H34O4S/c1-3-4-5-6-7-8-9-10-11-12-20(21-17-24-21)25-26(22,23)19-15-13-18(2)14-16-19/h13-16,20-21H,3-12,17H2,1-2H3/t20-,21-/m1/s1. The zero-order valence-electron chi connectivity index (χ0n) is 16.3. The zero-order chi connectivity index (χ0) is 18.8. The summed E-state index contributed by atoms with van der Waals surface area (Å²) >= 11 is 0. The van der Waals surface area contributed by atoms with E-state index in [1.54, 1.807) is 24.3 Å². The van der Waals surface area contributed by atoms with Crippen molar-refractivity contribution in [1.82, 2.24) is 0 Å². The first-order valence-electron chi connectivity index (χ1n) is 10.1. The van der Waals surface area contributed by atoms with Crippen LogP contribution in [0.25, 0.3) is 0 Å². The predicted octanol–water partition coefficient (Wildman–Crippen LogP) is 5.39. The van der Waals surface area contributed by atoms with Gasteiger partial charge in [-0.1, -0.05) is 82.4 Å². The molecule has 1 aromatic rings. The van der Waals surface area contributed by atoms with E-state index in [-0.39, 0.29) is 17.1 Å². The Bertz CT molecular complexity index is 605. The molecule has 1 aliphatic heterocycles. The van der Waals surface area contributed by atoms with Crippen LogP contribution in [0.5, 0.6) is 0 Å². The van der Waals surface area contributed by atoms with E-state index in [9.17, 15) is 8.42 Å². The van der Waals surface area contributed by atoms with Gasteiger partial charge >= 0.3 is 0 Å². The van der Waals surface area contributed by atoms with Gasteiger partial charge in [-0.2, -0.15) is 8.42 Å². The Morgan fingerprint density at radius 2 is 1.54 bits per heavy atom. The normalized spacial score (nSPS) is 18.0. The highest BCUT2D eigenvalue weighted by Crippen LogP contribution is 2.26. The fourth-order valence-electron chi connectivity index (χ4n) is 3.15. The van der Waals surface area contributed by atoms with E-state index in [0.29, 0.717) is 6.61 Å². The van der Waals surface area contributed by atoms with E-state index in [2.05, 4.69) is 6.92 Å². The summed E-state index contributed by atoms with van der Waals surface area (Å²) in [6, 6.07) is 6.79. The summed E-state index contributed by atoms with van der Waals surface area (Å²) in [5.41, 5.74) is 1.03. The number of benzene rings is 1. The second-order valence-corrected chi connectivity index (χ2v) is 8.96. The Kier molecular flexibility index (Phi) is 9.09. The fraction of sp³-hybridized carbons (Fsp3) is 0.714. The van der Waals surface area contributed by atoms with Gasteiger partial charge in [-0.25, -0.2) is 0 Å².